The van der Waals surface area contributed by atoms with Crippen LogP contribution in [0.25, 0.3) is 10.9 Å². The molecule has 4 rings (SSSR count). The van der Waals surface area contributed by atoms with Gasteiger partial charge in [0.25, 0.3) is 5.91 Å². The van der Waals surface area contributed by atoms with E-state index >= 15 is 0 Å². The van der Waals surface area contributed by atoms with Gasteiger partial charge in [-0.3, -0.25) is 9.59 Å². The van der Waals surface area contributed by atoms with Crippen LogP contribution in [-0.4, -0.2) is 43.1 Å². The second-order valence-electron chi connectivity index (χ2n) is 8.40. The predicted molar refractivity (Wildman–Crippen MR) is 115 cm³/mol. The fourth-order valence-electron chi connectivity index (χ4n) is 4.40. The number of hydrogen-bond donors (Lipinski definition) is 3. The summed E-state index contributed by atoms with van der Waals surface area (Å²) >= 11 is 0. The molecule has 1 heterocycles. The van der Waals surface area contributed by atoms with Gasteiger partial charge in [0.05, 0.1) is 31.7 Å². The van der Waals surface area contributed by atoms with Crippen molar-refractivity contribution in [2.24, 2.45) is 11.8 Å². The largest absolute Gasteiger partial charge is 0.497 e. The molecular weight excluding hydrogens is 396 g/mol. The number of benzene rings is 1. The number of nitrogens with one attached hydrogen (secondary N) is 3. The molecule has 3 N–H and O–H groups in total. The first-order valence-corrected chi connectivity index (χ1v) is 10.8. The monoisotopic (exact) mass is 424 g/mol. The molecule has 2 aliphatic rings. The van der Waals surface area contributed by atoms with Crippen molar-refractivity contribution in [1.29, 1.82) is 5.26 Å². The molecule has 164 valence electrons. The molecule has 2 amide bonds. The number of hydrogen-bond acceptors (Lipinski definition) is 5. The normalized spacial score (nSPS) is 21.7. The van der Waals surface area contributed by atoms with Gasteiger partial charge in [0.15, 0.2) is 0 Å². The number of fused-ring (bicyclic) bond motifs is 1. The van der Waals surface area contributed by atoms with E-state index in [4.69, 9.17) is 9.47 Å². The number of carbonyl (C=O) groups is 2. The molecule has 1 aromatic heterocycles. The topological polar surface area (TPSA) is 116 Å². The lowest BCUT2D eigenvalue weighted by Crippen LogP contribution is -2.50. The molecule has 2 fully saturated rings. The van der Waals surface area contributed by atoms with Crippen molar-refractivity contribution in [3.8, 4) is 17.6 Å². The Hall–Kier alpha value is -3.21. The van der Waals surface area contributed by atoms with Crippen LogP contribution in [0.5, 0.6) is 11.5 Å². The van der Waals surface area contributed by atoms with Gasteiger partial charge in [0, 0.05) is 23.6 Å². The van der Waals surface area contributed by atoms with Crippen LogP contribution in [-0.2, 0) is 4.79 Å². The van der Waals surface area contributed by atoms with Crippen molar-refractivity contribution in [2.75, 3.05) is 14.2 Å². The standard InChI is InChI=1S/C23H28N4O4/c1-30-14-9-18-16(21(10-14)31-2)11-19(25-18)23(29)26-17-6-4-3-5-15(17)22(28)27-20(12-24)13-7-8-13/h9-11,13,15,17,20,25H,3-8H2,1-2H3,(H,26,29)(H,27,28)/t15-,17+,20-/m1/s1. The number of nitriles is 1. The minimum atomic E-state index is -0.429. The molecule has 0 saturated heterocycles. The Morgan fingerprint density at radius 3 is 2.58 bits per heavy atom. The zero-order valence-electron chi connectivity index (χ0n) is 17.9. The van der Waals surface area contributed by atoms with E-state index < -0.39 is 6.04 Å². The van der Waals surface area contributed by atoms with Crippen molar-refractivity contribution in [3.63, 3.8) is 0 Å². The fourth-order valence-corrected chi connectivity index (χ4v) is 4.40. The maximum Gasteiger partial charge on any atom is 0.267 e. The van der Waals surface area contributed by atoms with E-state index in [2.05, 4.69) is 21.7 Å². The van der Waals surface area contributed by atoms with E-state index in [9.17, 15) is 14.9 Å². The third-order valence-corrected chi connectivity index (χ3v) is 6.32. The Labute approximate surface area is 181 Å². The van der Waals surface area contributed by atoms with Crippen LogP contribution < -0.4 is 20.1 Å². The summed E-state index contributed by atoms with van der Waals surface area (Å²) in [6.45, 7) is 0. The first-order valence-electron chi connectivity index (χ1n) is 10.8. The number of methoxy groups -OCH3 is 2. The zero-order valence-corrected chi connectivity index (χ0v) is 17.9. The minimum absolute atomic E-state index is 0.133. The van der Waals surface area contributed by atoms with Crippen molar-refractivity contribution >= 4 is 22.7 Å². The first-order chi connectivity index (χ1) is 15.0. The molecule has 8 heteroatoms. The molecule has 0 bridgehead atoms. The van der Waals surface area contributed by atoms with Crippen molar-refractivity contribution < 1.29 is 19.1 Å². The Bertz CT molecular complexity index is 1020. The number of H-pyrrole nitrogens is 1. The average Bonchev–Trinajstić information content (AvgIpc) is 3.54. The van der Waals surface area contributed by atoms with Crippen molar-refractivity contribution in [3.05, 3.63) is 23.9 Å². The molecular formula is C23H28N4O4. The van der Waals surface area contributed by atoms with Crippen molar-refractivity contribution in [1.82, 2.24) is 15.6 Å². The molecule has 2 aromatic rings. The molecule has 0 spiro atoms. The van der Waals surface area contributed by atoms with Crippen LogP contribution in [0.4, 0.5) is 0 Å². The molecule has 1 aromatic carbocycles. The van der Waals surface area contributed by atoms with Crippen LogP contribution in [0.2, 0.25) is 0 Å². The second-order valence-corrected chi connectivity index (χ2v) is 8.40. The van der Waals surface area contributed by atoms with Crippen LogP contribution >= 0.6 is 0 Å². The van der Waals surface area contributed by atoms with Gasteiger partial charge >= 0.3 is 0 Å². The fraction of sp³-hybridized carbons (Fsp3) is 0.522. The molecule has 2 aliphatic carbocycles. The highest BCUT2D eigenvalue weighted by atomic mass is 16.5. The third kappa shape index (κ3) is 4.46. The summed E-state index contributed by atoms with van der Waals surface area (Å²) in [6.07, 6.45) is 5.31. The first kappa shape index (κ1) is 21.0. The van der Waals surface area contributed by atoms with E-state index in [0.29, 0.717) is 23.6 Å². The summed E-state index contributed by atoms with van der Waals surface area (Å²) < 4.78 is 10.7. The number of ether oxygens (including phenoxy) is 2. The van der Waals surface area contributed by atoms with Crippen LogP contribution in [0, 0.1) is 23.2 Å². The van der Waals surface area contributed by atoms with Gasteiger partial charge < -0.3 is 25.1 Å². The van der Waals surface area contributed by atoms with Crippen LogP contribution in [0.1, 0.15) is 49.0 Å². The molecule has 0 unspecified atom stereocenters. The van der Waals surface area contributed by atoms with E-state index in [1.807, 2.05) is 6.07 Å². The SMILES string of the molecule is COc1cc(OC)c2cc(C(=O)N[C@H]3CCCC[C@H]3C(=O)N[C@H](C#N)C3CC3)[nH]c2c1. The zero-order chi connectivity index (χ0) is 22.0. The van der Waals surface area contributed by atoms with E-state index in [-0.39, 0.29) is 29.7 Å². The number of aromatic amines is 1. The highest BCUT2D eigenvalue weighted by Gasteiger charge is 2.37. The van der Waals surface area contributed by atoms with Crippen LogP contribution in [0.3, 0.4) is 0 Å². The number of amides is 2. The Kier molecular flexibility index (Phi) is 6.03. The van der Waals surface area contributed by atoms with Gasteiger partial charge in [-0.05, 0) is 37.7 Å². The lowest BCUT2D eigenvalue weighted by molar-refractivity contribution is -0.127. The predicted octanol–water partition coefficient (Wildman–Crippen LogP) is 2.89. The van der Waals surface area contributed by atoms with E-state index in [1.54, 1.807) is 26.4 Å². The molecule has 8 nitrogen and oxygen atoms in total. The van der Waals surface area contributed by atoms with Gasteiger partial charge in [-0.2, -0.15) is 5.26 Å². The summed E-state index contributed by atoms with van der Waals surface area (Å²) in [5, 5.41) is 16.1. The molecule has 31 heavy (non-hydrogen) atoms. The van der Waals surface area contributed by atoms with Crippen molar-refractivity contribution in [2.45, 2.75) is 50.6 Å². The molecule has 0 aliphatic heterocycles. The average molecular weight is 425 g/mol. The van der Waals surface area contributed by atoms with E-state index in [1.165, 1.54) is 0 Å². The Balaban J connectivity index is 1.49. The van der Waals surface area contributed by atoms with Gasteiger partial charge in [0.1, 0.15) is 23.2 Å². The summed E-state index contributed by atoms with van der Waals surface area (Å²) in [5.74, 6) is 0.787. The maximum atomic E-state index is 13.0. The number of rotatable bonds is 7. The second kappa shape index (κ2) is 8.88. The molecule has 0 radical (unpaired) electrons. The number of carbonyl (C=O) groups excluding carboxylic acids is 2. The third-order valence-electron chi connectivity index (χ3n) is 6.32. The smallest absolute Gasteiger partial charge is 0.267 e. The summed E-state index contributed by atoms with van der Waals surface area (Å²) in [4.78, 5) is 29.0. The van der Waals surface area contributed by atoms with Gasteiger partial charge in [0.2, 0.25) is 5.91 Å². The minimum Gasteiger partial charge on any atom is -0.497 e. The number of aromatic nitrogens is 1. The molecule has 3 atom stereocenters. The van der Waals surface area contributed by atoms with E-state index in [0.717, 1.165) is 43.0 Å². The highest BCUT2D eigenvalue weighted by molar-refractivity contribution is 6.00. The molecule has 2 saturated carbocycles. The quantitative estimate of drug-likeness (QED) is 0.632. The summed E-state index contributed by atoms with van der Waals surface area (Å²) in [5.41, 5.74) is 1.14. The van der Waals surface area contributed by atoms with Crippen LogP contribution in [0.15, 0.2) is 18.2 Å². The maximum absolute atomic E-state index is 13.0. The summed E-state index contributed by atoms with van der Waals surface area (Å²) in [7, 11) is 3.15. The Morgan fingerprint density at radius 1 is 1.13 bits per heavy atom. The summed E-state index contributed by atoms with van der Waals surface area (Å²) in [6, 6.07) is 6.84. The number of nitrogens with zero attached hydrogens (tertiary/aromatic N) is 1. The lowest BCUT2D eigenvalue weighted by Gasteiger charge is -2.31. The lowest BCUT2D eigenvalue weighted by atomic mass is 9.83. The van der Waals surface area contributed by atoms with Gasteiger partial charge in [-0.25, -0.2) is 0 Å². The van der Waals surface area contributed by atoms with Gasteiger partial charge in [-0.15, -0.1) is 0 Å². The van der Waals surface area contributed by atoms with Gasteiger partial charge in [-0.1, -0.05) is 12.8 Å². The highest BCUT2D eigenvalue weighted by Crippen LogP contribution is 2.34. The Morgan fingerprint density at radius 2 is 1.90 bits per heavy atom.